The molecule has 1 aliphatic carbocycles. The molecule has 3 aliphatic rings. The molecule has 2 aromatic rings. The molecule has 0 radical (unpaired) electrons. The molecule has 1 aromatic heterocycles. The summed E-state index contributed by atoms with van der Waals surface area (Å²) in [5.74, 6) is 3.47. The number of rotatable bonds is 4. The fraction of sp³-hybridized carbons (Fsp3) is 0.474. The Kier molecular flexibility index (Phi) is 3.70. The van der Waals surface area contributed by atoms with Crippen LogP contribution in [-0.4, -0.2) is 47.8 Å². The third-order valence-corrected chi connectivity index (χ3v) is 5.21. The van der Waals surface area contributed by atoms with Crippen LogP contribution in [0.2, 0.25) is 0 Å². The summed E-state index contributed by atoms with van der Waals surface area (Å²) in [6, 6.07) is 8.42. The van der Waals surface area contributed by atoms with Gasteiger partial charge in [0.05, 0.1) is 0 Å². The van der Waals surface area contributed by atoms with Gasteiger partial charge in [-0.15, -0.1) is 0 Å². The maximum atomic E-state index is 5.48. The van der Waals surface area contributed by atoms with Crippen molar-refractivity contribution in [3.63, 3.8) is 0 Å². The van der Waals surface area contributed by atoms with Gasteiger partial charge in [0.25, 0.3) is 0 Å². The molecule has 0 amide bonds. The number of ether oxygens (including phenoxy) is 2. The van der Waals surface area contributed by atoms with Gasteiger partial charge in [-0.05, 0) is 30.5 Å². The second-order valence-electron chi connectivity index (χ2n) is 7.03. The molecule has 0 atom stereocenters. The molecule has 25 heavy (non-hydrogen) atoms. The van der Waals surface area contributed by atoms with E-state index in [-0.39, 0.29) is 0 Å². The highest BCUT2D eigenvalue weighted by Gasteiger charge is 2.26. The predicted octanol–water partition coefficient (Wildman–Crippen LogP) is 2.40. The second kappa shape index (κ2) is 6.19. The van der Waals surface area contributed by atoms with Gasteiger partial charge in [0, 0.05) is 50.4 Å². The molecule has 0 bridgehead atoms. The molecule has 130 valence electrons. The maximum Gasteiger partial charge on any atom is 0.231 e. The van der Waals surface area contributed by atoms with E-state index >= 15 is 0 Å². The minimum Gasteiger partial charge on any atom is -0.454 e. The van der Waals surface area contributed by atoms with Crippen LogP contribution in [0.15, 0.2) is 30.6 Å². The number of anilines is 1. The van der Waals surface area contributed by atoms with Gasteiger partial charge < -0.3 is 14.4 Å². The molecule has 0 N–H and O–H groups in total. The molecular weight excluding hydrogens is 316 g/mol. The van der Waals surface area contributed by atoms with Crippen LogP contribution >= 0.6 is 0 Å². The topological polar surface area (TPSA) is 50.7 Å². The van der Waals surface area contributed by atoms with Crippen LogP contribution in [-0.2, 0) is 6.54 Å². The van der Waals surface area contributed by atoms with E-state index in [9.17, 15) is 0 Å². The highest BCUT2D eigenvalue weighted by molar-refractivity contribution is 5.44. The summed E-state index contributed by atoms with van der Waals surface area (Å²) >= 11 is 0. The average molecular weight is 338 g/mol. The summed E-state index contributed by atoms with van der Waals surface area (Å²) in [6.45, 7) is 5.37. The number of hydrogen-bond donors (Lipinski definition) is 0. The minimum absolute atomic E-state index is 0.333. The lowest BCUT2D eigenvalue weighted by Crippen LogP contribution is -2.46. The van der Waals surface area contributed by atoms with Gasteiger partial charge in [0.15, 0.2) is 11.5 Å². The van der Waals surface area contributed by atoms with Crippen molar-refractivity contribution >= 4 is 5.82 Å². The van der Waals surface area contributed by atoms with E-state index in [0.717, 1.165) is 50.0 Å². The zero-order valence-electron chi connectivity index (χ0n) is 14.2. The van der Waals surface area contributed by atoms with E-state index in [4.69, 9.17) is 9.47 Å². The molecular formula is C19H22N4O2. The third-order valence-electron chi connectivity index (χ3n) is 5.21. The molecule has 1 saturated carbocycles. The third kappa shape index (κ3) is 3.14. The van der Waals surface area contributed by atoms with Gasteiger partial charge in [-0.1, -0.05) is 6.07 Å². The van der Waals surface area contributed by atoms with Gasteiger partial charge in [-0.25, -0.2) is 9.97 Å². The van der Waals surface area contributed by atoms with E-state index < -0.39 is 0 Å². The summed E-state index contributed by atoms with van der Waals surface area (Å²) in [6.07, 6.45) is 4.28. The van der Waals surface area contributed by atoms with Gasteiger partial charge in [0.1, 0.15) is 12.1 Å². The zero-order valence-corrected chi connectivity index (χ0v) is 14.2. The van der Waals surface area contributed by atoms with Crippen molar-refractivity contribution in [2.24, 2.45) is 0 Å². The normalized spacial score (nSPS) is 20.1. The molecule has 1 saturated heterocycles. The number of fused-ring (bicyclic) bond motifs is 1. The standard InChI is InChI=1S/C19H22N4O2/c1-4-17-18(25-13-24-17)9-14(1)11-22-5-7-23(8-6-22)19-10-16(15-2-3-15)20-12-21-19/h1,4,9-10,12,15H,2-3,5-8,11,13H2. The summed E-state index contributed by atoms with van der Waals surface area (Å²) in [5, 5.41) is 0. The smallest absolute Gasteiger partial charge is 0.231 e. The van der Waals surface area contributed by atoms with Crippen LogP contribution < -0.4 is 14.4 Å². The lowest BCUT2D eigenvalue weighted by molar-refractivity contribution is 0.174. The molecule has 2 aliphatic heterocycles. The molecule has 0 unspecified atom stereocenters. The van der Waals surface area contributed by atoms with Gasteiger partial charge in [-0.2, -0.15) is 0 Å². The Morgan fingerprint density at radius 1 is 0.960 bits per heavy atom. The summed E-state index contributed by atoms with van der Waals surface area (Å²) in [4.78, 5) is 13.8. The fourth-order valence-corrected chi connectivity index (χ4v) is 3.57. The van der Waals surface area contributed by atoms with Crippen LogP contribution in [0.1, 0.15) is 30.0 Å². The van der Waals surface area contributed by atoms with Crippen LogP contribution in [0.4, 0.5) is 5.82 Å². The first-order valence-corrected chi connectivity index (χ1v) is 9.03. The maximum absolute atomic E-state index is 5.48. The number of nitrogens with zero attached hydrogens (tertiary/aromatic N) is 4. The predicted molar refractivity (Wildman–Crippen MR) is 94.1 cm³/mol. The van der Waals surface area contributed by atoms with Gasteiger partial charge in [0.2, 0.25) is 6.79 Å². The molecule has 0 spiro atoms. The SMILES string of the molecule is c1nc(C2CC2)cc(N2CCN(Cc3ccc4c(c3)OCO4)CC2)n1. The van der Waals surface area contributed by atoms with Crippen molar-refractivity contribution in [1.29, 1.82) is 0 Å². The second-order valence-corrected chi connectivity index (χ2v) is 7.03. The van der Waals surface area contributed by atoms with Crippen LogP contribution in [0.3, 0.4) is 0 Å². The molecule has 2 fully saturated rings. The molecule has 3 heterocycles. The van der Waals surface area contributed by atoms with E-state index in [0.29, 0.717) is 12.7 Å². The highest BCUT2D eigenvalue weighted by atomic mass is 16.7. The Bertz CT molecular complexity index is 770. The summed E-state index contributed by atoms with van der Waals surface area (Å²) < 4.78 is 10.9. The monoisotopic (exact) mass is 338 g/mol. The fourth-order valence-electron chi connectivity index (χ4n) is 3.57. The number of benzene rings is 1. The molecule has 6 heteroatoms. The first-order valence-electron chi connectivity index (χ1n) is 9.03. The average Bonchev–Trinajstić information content (AvgIpc) is 3.41. The van der Waals surface area contributed by atoms with Crippen LogP contribution in [0.25, 0.3) is 0 Å². The minimum atomic E-state index is 0.333. The van der Waals surface area contributed by atoms with E-state index in [1.165, 1.54) is 24.1 Å². The Balaban J connectivity index is 1.20. The first-order chi connectivity index (χ1) is 12.3. The van der Waals surface area contributed by atoms with Crippen molar-refractivity contribution in [3.8, 4) is 11.5 Å². The summed E-state index contributed by atoms with van der Waals surface area (Å²) in [7, 11) is 0. The van der Waals surface area contributed by atoms with Crippen molar-refractivity contribution < 1.29 is 9.47 Å². The van der Waals surface area contributed by atoms with Crippen LogP contribution in [0, 0.1) is 0 Å². The van der Waals surface area contributed by atoms with E-state index in [2.05, 4.69) is 38.0 Å². The summed E-state index contributed by atoms with van der Waals surface area (Å²) in [5.41, 5.74) is 2.49. The van der Waals surface area contributed by atoms with Crippen molar-refractivity contribution in [2.45, 2.75) is 25.3 Å². The Labute approximate surface area is 147 Å². The van der Waals surface area contributed by atoms with E-state index in [1.54, 1.807) is 6.33 Å². The Morgan fingerprint density at radius 2 is 1.80 bits per heavy atom. The van der Waals surface area contributed by atoms with Crippen molar-refractivity contribution in [1.82, 2.24) is 14.9 Å². The lowest BCUT2D eigenvalue weighted by Gasteiger charge is -2.35. The van der Waals surface area contributed by atoms with Gasteiger partial charge >= 0.3 is 0 Å². The number of piperazine rings is 1. The van der Waals surface area contributed by atoms with Crippen LogP contribution in [0.5, 0.6) is 11.5 Å². The van der Waals surface area contributed by atoms with Crippen molar-refractivity contribution in [3.05, 3.63) is 41.9 Å². The van der Waals surface area contributed by atoms with Gasteiger partial charge in [-0.3, -0.25) is 4.90 Å². The Hall–Kier alpha value is -2.34. The molecule has 6 nitrogen and oxygen atoms in total. The highest BCUT2D eigenvalue weighted by Crippen LogP contribution is 2.39. The number of aromatic nitrogens is 2. The largest absolute Gasteiger partial charge is 0.454 e. The molecule has 5 rings (SSSR count). The first kappa shape index (κ1) is 15.0. The molecule has 1 aromatic carbocycles. The van der Waals surface area contributed by atoms with E-state index in [1.807, 2.05) is 6.07 Å². The van der Waals surface area contributed by atoms with Crippen molar-refractivity contribution in [2.75, 3.05) is 37.9 Å². The lowest BCUT2D eigenvalue weighted by atomic mass is 10.1. The zero-order chi connectivity index (χ0) is 16.6. The number of hydrogen-bond acceptors (Lipinski definition) is 6. The Morgan fingerprint density at radius 3 is 2.64 bits per heavy atom. The quantitative estimate of drug-likeness (QED) is 0.853.